The maximum Gasteiger partial charge on any atom is 0.254 e. The molecule has 0 N–H and O–H groups in total. The molecule has 0 saturated carbocycles. The fourth-order valence-corrected chi connectivity index (χ4v) is 5.21. The number of hydrogen-bond donors (Lipinski definition) is 0. The van der Waals surface area contributed by atoms with Crippen molar-refractivity contribution >= 4 is 22.7 Å². The lowest BCUT2D eigenvalue weighted by molar-refractivity contribution is -0.138. The Balaban J connectivity index is 1.34. The van der Waals surface area contributed by atoms with Crippen LogP contribution < -0.4 is 0 Å². The number of fused-ring (bicyclic) bond motifs is 1. The summed E-state index contributed by atoms with van der Waals surface area (Å²) < 4.78 is 0. The number of hydrogen-bond acceptors (Lipinski definition) is 3. The molecule has 0 unspecified atom stereocenters. The maximum atomic E-state index is 13.7. The van der Waals surface area contributed by atoms with Gasteiger partial charge in [0, 0.05) is 43.0 Å². The molecule has 5 heteroatoms. The largest absolute Gasteiger partial charge is 0.342 e. The molecule has 2 fully saturated rings. The standard InChI is InChI=1S/C29H33N3O2/c1-20-7-9-22(10-8-20)27-19-25(24-5-3-4-6-26(24)30-27)29(34)32-17-13-23(14-18-32)28(33)31-15-11-21(2)12-16-31/h3-10,19,21,23H,11-18H2,1-2H3. The first kappa shape index (κ1) is 22.6. The molecule has 5 nitrogen and oxygen atoms in total. The first-order chi connectivity index (χ1) is 16.5. The predicted octanol–water partition coefficient (Wildman–Crippen LogP) is 5.32. The van der Waals surface area contributed by atoms with Crippen molar-refractivity contribution in [2.24, 2.45) is 11.8 Å². The Morgan fingerprint density at radius 2 is 1.50 bits per heavy atom. The van der Waals surface area contributed by atoms with Crippen molar-refractivity contribution in [3.05, 3.63) is 65.7 Å². The summed E-state index contributed by atoms with van der Waals surface area (Å²) in [5.41, 5.74) is 4.53. The molecular formula is C29H33N3O2. The number of nitrogens with zero attached hydrogens (tertiary/aromatic N) is 3. The monoisotopic (exact) mass is 455 g/mol. The number of carbonyl (C=O) groups is 2. The number of pyridine rings is 1. The second-order valence-electron chi connectivity index (χ2n) is 10.0. The molecule has 3 heterocycles. The quantitative estimate of drug-likeness (QED) is 0.537. The van der Waals surface area contributed by atoms with E-state index in [1.807, 2.05) is 40.1 Å². The lowest BCUT2D eigenvalue weighted by Crippen LogP contribution is -2.46. The molecule has 2 aromatic carbocycles. The number of carbonyl (C=O) groups excluding carboxylic acids is 2. The zero-order valence-electron chi connectivity index (χ0n) is 20.2. The van der Waals surface area contributed by atoms with Crippen LogP contribution in [0.25, 0.3) is 22.2 Å². The summed E-state index contributed by atoms with van der Waals surface area (Å²) in [6.07, 6.45) is 3.68. The number of aryl methyl sites for hydroxylation is 1. The molecule has 2 amide bonds. The Hall–Kier alpha value is -3.21. The third-order valence-corrected chi connectivity index (χ3v) is 7.52. The second-order valence-corrected chi connectivity index (χ2v) is 10.0. The molecule has 3 aromatic rings. The molecule has 0 radical (unpaired) electrons. The van der Waals surface area contributed by atoms with Crippen LogP contribution in [0.4, 0.5) is 0 Å². The van der Waals surface area contributed by atoms with Crippen LogP contribution >= 0.6 is 0 Å². The zero-order valence-corrected chi connectivity index (χ0v) is 20.2. The van der Waals surface area contributed by atoms with Crippen LogP contribution in [0.3, 0.4) is 0 Å². The smallest absolute Gasteiger partial charge is 0.254 e. The second kappa shape index (κ2) is 9.57. The fraction of sp³-hybridized carbons (Fsp3) is 0.414. The van der Waals surface area contributed by atoms with E-state index in [-0.39, 0.29) is 17.7 Å². The van der Waals surface area contributed by atoms with Crippen molar-refractivity contribution in [1.29, 1.82) is 0 Å². The van der Waals surface area contributed by atoms with Crippen molar-refractivity contribution in [1.82, 2.24) is 14.8 Å². The fourth-order valence-electron chi connectivity index (χ4n) is 5.21. The summed E-state index contributed by atoms with van der Waals surface area (Å²) in [5.74, 6) is 1.07. The van der Waals surface area contributed by atoms with Gasteiger partial charge in [-0.1, -0.05) is 55.0 Å². The maximum absolute atomic E-state index is 13.7. The summed E-state index contributed by atoms with van der Waals surface area (Å²) in [7, 11) is 0. The van der Waals surface area contributed by atoms with Gasteiger partial charge in [-0.05, 0) is 50.7 Å². The summed E-state index contributed by atoms with van der Waals surface area (Å²) in [6, 6.07) is 18.0. The molecule has 0 spiro atoms. The number of benzene rings is 2. The Bertz CT molecular complexity index is 1190. The van der Waals surface area contributed by atoms with Gasteiger partial charge in [-0.2, -0.15) is 0 Å². The van der Waals surface area contributed by atoms with E-state index in [1.54, 1.807) is 0 Å². The van der Waals surface area contributed by atoms with E-state index >= 15 is 0 Å². The van der Waals surface area contributed by atoms with Crippen molar-refractivity contribution in [2.45, 2.75) is 39.5 Å². The molecule has 2 aliphatic rings. The molecule has 0 aliphatic carbocycles. The normalized spacial score (nSPS) is 17.8. The first-order valence-electron chi connectivity index (χ1n) is 12.5. The van der Waals surface area contributed by atoms with Gasteiger partial charge in [0.2, 0.25) is 5.91 Å². The zero-order chi connectivity index (χ0) is 23.7. The average molecular weight is 456 g/mol. The van der Waals surface area contributed by atoms with E-state index < -0.39 is 0 Å². The van der Waals surface area contributed by atoms with Crippen molar-refractivity contribution < 1.29 is 9.59 Å². The number of rotatable bonds is 3. The molecule has 2 saturated heterocycles. The van der Waals surface area contributed by atoms with Crippen LogP contribution in [0.15, 0.2) is 54.6 Å². The Morgan fingerprint density at radius 3 is 2.21 bits per heavy atom. The molecular weight excluding hydrogens is 422 g/mol. The summed E-state index contributed by atoms with van der Waals surface area (Å²) in [4.78, 5) is 35.5. The molecule has 2 aliphatic heterocycles. The molecule has 0 atom stereocenters. The number of piperidine rings is 2. The third-order valence-electron chi connectivity index (χ3n) is 7.52. The minimum absolute atomic E-state index is 0.0321. The number of aromatic nitrogens is 1. The lowest BCUT2D eigenvalue weighted by Gasteiger charge is -2.37. The van der Waals surface area contributed by atoms with E-state index in [0.717, 1.165) is 60.9 Å². The van der Waals surface area contributed by atoms with Gasteiger partial charge in [-0.3, -0.25) is 9.59 Å². The number of likely N-dealkylation sites (tertiary alicyclic amines) is 2. The third kappa shape index (κ3) is 4.56. The van der Waals surface area contributed by atoms with E-state index in [1.165, 1.54) is 5.56 Å². The molecule has 0 bridgehead atoms. The van der Waals surface area contributed by atoms with Crippen LogP contribution in [0.2, 0.25) is 0 Å². The van der Waals surface area contributed by atoms with Crippen LogP contribution in [0, 0.1) is 18.8 Å². The summed E-state index contributed by atoms with van der Waals surface area (Å²) in [5, 5.41) is 0.879. The molecule has 176 valence electrons. The van der Waals surface area contributed by atoms with Gasteiger partial charge in [0.15, 0.2) is 0 Å². The van der Waals surface area contributed by atoms with Crippen LogP contribution in [-0.4, -0.2) is 52.8 Å². The highest BCUT2D eigenvalue weighted by atomic mass is 16.2. The highest BCUT2D eigenvalue weighted by Crippen LogP contribution is 2.29. The van der Waals surface area contributed by atoms with Crippen molar-refractivity contribution in [3.63, 3.8) is 0 Å². The van der Waals surface area contributed by atoms with Gasteiger partial charge in [0.05, 0.1) is 16.8 Å². The summed E-state index contributed by atoms with van der Waals surface area (Å²) >= 11 is 0. The predicted molar refractivity (Wildman–Crippen MR) is 136 cm³/mol. The molecule has 34 heavy (non-hydrogen) atoms. The number of amides is 2. The van der Waals surface area contributed by atoms with Crippen molar-refractivity contribution in [3.8, 4) is 11.3 Å². The van der Waals surface area contributed by atoms with E-state index in [9.17, 15) is 9.59 Å². The Morgan fingerprint density at radius 1 is 0.853 bits per heavy atom. The average Bonchev–Trinajstić information content (AvgIpc) is 2.88. The van der Waals surface area contributed by atoms with Gasteiger partial charge >= 0.3 is 0 Å². The van der Waals surface area contributed by atoms with Gasteiger partial charge in [-0.25, -0.2) is 4.98 Å². The van der Waals surface area contributed by atoms with E-state index in [4.69, 9.17) is 4.98 Å². The minimum Gasteiger partial charge on any atom is -0.342 e. The summed E-state index contributed by atoms with van der Waals surface area (Å²) in [6.45, 7) is 7.32. The van der Waals surface area contributed by atoms with Gasteiger partial charge in [0.25, 0.3) is 5.91 Å². The van der Waals surface area contributed by atoms with Crippen LogP contribution in [-0.2, 0) is 4.79 Å². The van der Waals surface area contributed by atoms with Gasteiger partial charge in [-0.15, -0.1) is 0 Å². The van der Waals surface area contributed by atoms with Gasteiger partial charge < -0.3 is 9.80 Å². The van der Waals surface area contributed by atoms with Gasteiger partial charge in [0.1, 0.15) is 0 Å². The highest BCUT2D eigenvalue weighted by molar-refractivity contribution is 6.07. The van der Waals surface area contributed by atoms with Crippen LogP contribution in [0.1, 0.15) is 48.5 Å². The highest BCUT2D eigenvalue weighted by Gasteiger charge is 2.32. The Labute approximate surface area is 201 Å². The topological polar surface area (TPSA) is 53.5 Å². The van der Waals surface area contributed by atoms with Crippen LogP contribution in [0.5, 0.6) is 0 Å². The Kier molecular flexibility index (Phi) is 6.36. The molecule has 5 rings (SSSR count). The number of para-hydroxylation sites is 1. The lowest BCUT2D eigenvalue weighted by atomic mass is 9.92. The first-order valence-corrected chi connectivity index (χ1v) is 12.5. The minimum atomic E-state index is 0.0321. The SMILES string of the molecule is Cc1ccc(-c2cc(C(=O)N3CCC(C(=O)N4CCC(C)CC4)CC3)c3ccccc3n2)cc1. The van der Waals surface area contributed by atoms with E-state index in [0.29, 0.717) is 24.6 Å². The van der Waals surface area contributed by atoms with E-state index in [2.05, 4.69) is 38.1 Å². The molecule has 1 aromatic heterocycles. The van der Waals surface area contributed by atoms with Crippen molar-refractivity contribution in [2.75, 3.05) is 26.2 Å².